The van der Waals surface area contributed by atoms with E-state index in [9.17, 15) is 9.46 Å². The van der Waals surface area contributed by atoms with Crippen molar-refractivity contribution in [1.29, 1.82) is 0 Å². The fourth-order valence-corrected chi connectivity index (χ4v) is 0.853. The largest absolute Gasteiger partial charge is 1.00 e. The molecule has 0 saturated carbocycles. The van der Waals surface area contributed by atoms with E-state index in [0.29, 0.717) is 0 Å². The first kappa shape index (κ1) is 13.7. The van der Waals surface area contributed by atoms with Crippen molar-refractivity contribution in [3.8, 4) is 0 Å². The number of rotatable bonds is 3. The molecule has 0 aromatic carbocycles. The van der Waals surface area contributed by atoms with Crippen LogP contribution in [-0.4, -0.2) is 13.3 Å². The minimum absolute atomic E-state index is 0. The number of hydrogen-bond acceptors (Lipinski definition) is 3. The summed E-state index contributed by atoms with van der Waals surface area (Å²) in [5.41, 5.74) is 0. The van der Waals surface area contributed by atoms with Crippen molar-refractivity contribution in [2.75, 3.05) is 13.3 Å². The topological polar surface area (TPSA) is 49.4 Å². The average Bonchev–Trinajstić information content (AvgIpc) is 1.59. The molecule has 0 aromatic rings. The summed E-state index contributed by atoms with van der Waals surface area (Å²) in [5.74, 6) is 0.271. The second-order valence-corrected chi connectivity index (χ2v) is 4.26. The van der Waals surface area contributed by atoms with Crippen LogP contribution in [0.25, 0.3) is 0 Å². The van der Waals surface area contributed by atoms with E-state index in [4.69, 9.17) is 0 Å². The predicted molar refractivity (Wildman–Crippen MR) is 34.3 cm³/mol. The van der Waals surface area contributed by atoms with Crippen LogP contribution in [0.4, 0.5) is 0 Å². The van der Waals surface area contributed by atoms with Crippen molar-refractivity contribution < 1.29 is 43.5 Å². The van der Waals surface area contributed by atoms with Crippen LogP contribution in [0.15, 0.2) is 0 Å². The van der Waals surface area contributed by atoms with Gasteiger partial charge in [0.15, 0.2) is 0 Å². The summed E-state index contributed by atoms with van der Waals surface area (Å²) in [7, 11) is -3.47. The molecule has 0 spiro atoms. The summed E-state index contributed by atoms with van der Waals surface area (Å²) in [5, 5.41) is 0. The fourth-order valence-electron chi connectivity index (χ4n) is 0.284. The smallest absolute Gasteiger partial charge is 0.779 e. The van der Waals surface area contributed by atoms with E-state index in [1.165, 1.54) is 0 Å². The van der Waals surface area contributed by atoms with E-state index in [1.807, 2.05) is 13.8 Å². The van der Waals surface area contributed by atoms with Gasteiger partial charge in [-0.15, -0.1) is 0 Å². The van der Waals surface area contributed by atoms with Crippen molar-refractivity contribution in [3.63, 3.8) is 0 Å². The molecule has 1 unspecified atom stereocenters. The molecule has 3 nitrogen and oxygen atoms in total. The molecule has 0 aliphatic rings. The van der Waals surface area contributed by atoms with Crippen molar-refractivity contribution >= 4 is 7.60 Å². The quantitative estimate of drug-likeness (QED) is 0.362. The molecule has 0 fully saturated rings. The molecule has 0 aliphatic heterocycles. The molecule has 0 rings (SSSR count). The van der Waals surface area contributed by atoms with Gasteiger partial charge in [0.1, 0.15) is 7.60 Å². The molecule has 56 valence electrons. The first-order valence-electron chi connectivity index (χ1n) is 2.85. The Morgan fingerprint density at radius 1 is 1.60 bits per heavy atom. The zero-order chi connectivity index (χ0) is 7.49. The monoisotopic (exact) mass is 174 g/mol. The standard InChI is InChI=1S/C5H13O3P.Na/c1-5(2)4-8-9(3,6)7;/h5H,4H2,1-3H3,(H,6,7);/q;+1/p-1. The molecular formula is C5H12NaO3P. The van der Waals surface area contributed by atoms with E-state index < -0.39 is 7.60 Å². The normalized spacial score (nSPS) is 16.1. The Hall–Kier alpha value is 1.15. The maximum atomic E-state index is 10.3. The summed E-state index contributed by atoms with van der Waals surface area (Å²) < 4.78 is 14.8. The van der Waals surface area contributed by atoms with Crippen LogP contribution in [0.5, 0.6) is 0 Å². The third-order valence-electron chi connectivity index (χ3n) is 0.642. The molecule has 1 atom stereocenters. The van der Waals surface area contributed by atoms with E-state index in [0.717, 1.165) is 6.66 Å². The van der Waals surface area contributed by atoms with Crippen LogP contribution < -0.4 is 34.5 Å². The summed E-state index contributed by atoms with van der Waals surface area (Å²) in [6.45, 7) is 5.16. The average molecular weight is 174 g/mol. The van der Waals surface area contributed by atoms with Crippen molar-refractivity contribution in [2.45, 2.75) is 13.8 Å². The SMILES string of the molecule is CC(C)COP(C)(=O)[O-].[Na+]. The molecule has 0 amide bonds. The van der Waals surface area contributed by atoms with Crippen molar-refractivity contribution in [2.24, 2.45) is 5.92 Å². The maximum absolute atomic E-state index is 10.3. The molecule has 10 heavy (non-hydrogen) atoms. The minimum Gasteiger partial charge on any atom is -0.779 e. The van der Waals surface area contributed by atoms with Gasteiger partial charge in [0.25, 0.3) is 0 Å². The van der Waals surface area contributed by atoms with Gasteiger partial charge in [-0.2, -0.15) is 0 Å². The van der Waals surface area contributed by atoms with Gasteiger partial charge in [0.2, 0.25) is 0 Å². The van der Waals surface area contributed by atoms with Gasteiger partial charge < -0.3 is 14.0 Å². The van der Waals surface area contributed by atoms with E-state index in [1.54, 1.807) is 0 Å². The van der Waals surface area contributed by atoms with Gasteiger partial charge in [-0.3, -0.25) is 0 Å². The molecule has 0 heterocycles. The Kier molecular flexibility index (Phi) is 7.90. The molecular weight excluding hydrogens is 162 g/mol. The van der Waals surface area contributed by atoms with Gasteiger partial charge in [0, 0.05) is 6.66 Å². The van der Waals surface area contributed by atoms with Crippen LogP contribution >= 0.6 is 7.60 Å². The van der Waals surface area contributed by atoms with Gasteiger partial charge in [-0.25, -0.2) is 0 Å². The first-order chi connectivity index (χ1) is 3.92. The van der Waals surface area contributed by atoms with Crippen LogP contribution in [0.3, 0.4) is 0 Å². The van der Waals surface area contributed by atoms with Gasteiger partial charge in [-0.05, 0) is 5.92 Å². The Labute approximate surface area is 84.0 Å². The van der Waals surface area contributed by atoms with E-state index in [2.05, 4.69) is 4.52 Å². The Bertz CT molecular complexity index is 120. The van der Waals surface area contributed by atoms with E-state index >= 15 is 0 Å². The Morgan fingerprint density at radius 2 is 2.00 bits per heavy atom. The molecule has 5 heteroatoms. The van der Waals surface area contributed by atoms with Gasteiger partial charge in [0.05, 0.1) is 6.61 Å². The zero-order valence-corrected chi connectivity index (χ0v) is 9.85. The van der Waals surface area contributed by atoms with Crippen LogP contribution in [0.2, 0.25) is 0 Å². The molecule has 0 radical (unpaired) electrons. The summed E-state index contributed by atoms with van der Waals surface area (Å²) in [4.78, 5) is 10.3. The van der Waals surface area contributed by atoms with Crippen LogP contribution in [0.1, 0.15) is 13.8 Å². The first-order valence-corrected chi connectivity index (χ1v) is 4.84. The summed E-state index contributed by atoms with van der Waals surface area (Å²) in [6.07, 6.45) is 0. The molecule has 0 saturated heterocycles. The third-order valence-corrected chi connectivity index (χ3v) is 1.26. The predicted octanol–water partition coefficient (Wildman–Crippen LogP) is -2.15. The maximum Gasteiger partial charge on any atom is 1.00 e. The van der Waals surface area contributed by atoms with E-state index in [-0.39, 0.29) is 42.1 Å². The summed E-state index contributed by atoms with van der Waals surface area (Å²) >= 11 is 0. The molecule has 0 aromatic heterocycles. The van der Waals surface area contributed by atoms with Crippen molar-refractivity contribution in [3.05, 3.63) is 0 Å². The number of hydrogen-bond donors (Lipinski definition) is 0. The Balaban J connectivity index is 0. The van der Waals surface area contributed by atoms with Crippen LogP contribution in [0, 0.1) is 5.92 Å². The fraction of sp³-hybridized carbons (Fsp3) is 1.00. The zero-order valence-electron chi connectivity index (χ0n) is 6.96. The van der Waals surface area contributed by atoms with Gasteiger partial charge in [-0.1, -0.05) is 13.8 Å². The molecule has 0 N–H and O–H groups in total. The second kappa shape index (κ2) is 5.76. The van der Waals surface area contributed by atoms with Gasteiger partial charge >= 0.3 is 29.6 Å². The van der Waals surface area contributed by atoms with Crippen molar-refractivity contribution in [1.82, 2.24) is 0 Å². The molecule has 0 aliphatic carbocycles. The summed E-state index contributed by atoms with van der Waals surface area (Å²) in [6, 6.07) is 0. The second-order valence-electron chi connectivity index (χ2n) is 2.46. The third kappa shape index (κ3) is 11.9. The molecule has 0 bridgehead atoms. The Morgan fingerprint density at radius 3 is 2.10 bits per heavy atom. The van der Waals surface area contributed by atoms with Crippen LogP contribution in [-0.2, 0) is 9.09 Å². The minimum atomic E-state index is -3.47.